The molecule has 16 heavy (non-hydrogen) atoms. The molecule has 1 heterocycles. The van der Waals surface area contributed by atoms with Crippen molar-refractivity contribution in [3.05, 3.63) is 29.6 Å². The second kappa shape index (κ2) is 6.61. The lowest BCUT2D eigenvalue weighted by Crippen LogP contribution is -2.37. The molecule has 0 radical (unpaired) electrons. The summed E-state index contributed by atoms with van der Waals surface area (Å²) < 4.78 is 0. The molecule has 3 nitrogen and oxygen atoms in total. The Labute approximate surface area is 98.9 Å². The minimum Gasteiger partial charge on any atom is -0.307 e. The van der Waals surface area contributed by atoms with Crippen LogP contribution in [0.4, 0.5) is 0 Å². The third-order valence-corrected chi connectivity index (χ3v) is 2.70. The van der Waals surface area contributed by atoms with E-state index in [4.69, 9.17) is 0 Å². The van der Waals surface area contributed by atoms with Gasteiger partial charge < -0.3 is 10.2 Å². The lowest BCUT2D eigenvalue weighted by molar-refractivity contribution is 0.309. The molecule has 0 saturated heterocycles. The van der Waals surface area contributed by atoms with Gasteiger partial charge in [-0.15, -0.1) is 0 Å². The average molecular weight is 221 g/mol. The van der Waals surface area contributed by atoms with Gasteiger partial charge in [-0.1, -0.05) is 13.0 Å². The fourth-order valence-corrected chi connectivity index (χ4v) is 1.64. The molecule has 1 rings (SSSR count). The summed E-state index contributed by atoms with van der Waals surface area (Å²) in [5, 5.41) is 3.49. The van der Waals surface area contributed by atoms with Crippen LogP contribution in [0, 0.1) is 6.92 Å². The van der Waals surface area contributed by atoms with Crippen molar-refractivity contribution in [1.29, 1.82) is 0 Å². The monoisotopic (exact) mass is 221 g/mol. The first-order valence-corrected chi connectivity index (χ1v) is 5.96. The average Bonchev–Trinajstić information content (AvgIpc) is 2.26. The number of pyridine rings is 1. The molecule has 90 valence electrons. The van der Waals surface area contributed by atoms with Crippen molar-refractivity contribution in [2.24, 2.45) is 0 Å². The third kappa shape index (κ3) is 4.73. The van der Waals surface area contributed by atoms with E-state index in [2.05, 4.69) is 48.2 Å². The normalized spacial score (nSPS) is 13.1. The number of hydrogen-bond acceptors (Lipinski definition) is 3. The number of hydrogen-bond donors (Lipinski definition) is 1. The van der Waals surface area contributed by atoms with E-state index in [-0.39, 0.29) is 0 Å². The Bertz CT molecular complexity index is 312. The third-order valence-electron chi connectivity index (χ3n) is 2.70. The van der Waals surface area contributed by atoms with Crippen LogP contribution in [0.3, 0.4) is 0 Å². The molecule has 0 spiro atoms. The van der Waals surface area contributed by atoms with Crippen LogP contribution in [-0.4, -0.2) is 36.1 Å². The highest BCUT2D eigenvalue weighted by Gasteiger charge is 2.04. The Morgan fingerprint density at radius 2 is 2.19 bits per heavy atom. The Morgan fingerprint density at radius 1 is 1.44 bits per heavy atom. The van der Waals surface area contributed by atoms with Gasteiger partial charge >= 0.3 is 0 Å². The summed E-state index contributed by atoms with van der Waals surface area (Å²) in [6.07, 6.45) is 0. The Kier molecular flexibility index (Phi) is 5.43. The summed E-state index contributed by atoms with van der Waals surface area (Å²) in [5.74, 6) is 0. The number of likely N-dealkylation sites (N-methyl/N-ethyl adjacent to an activating group) is 1. The van der Waals surface area contributed by atoms with Gasteiger partial charge in [0.1, 0.15) is 0 Å². The predicted octanol–water partition coefficient (Wildman–Crippen LogP) is 1.82. The zero-order chi connectivity index (χ0) is 12.0. The fraction of sp³-hybridized carbons (Fsp3) is 0.615. The second-order valence-electron chi connectivity index (χ2n) is 4.41. The standard InChI is InChI=1S/C13H23N3/c1-5-16(4)10-12(3)14-9-13-8-6-7-11(2)15-13/h6-8,12,14H,5,9-10H2,1-4H3. The van der Waals surface area contributed by atoms with Crippen LogP contribution in [0.1, 0.15) is 25.2 Å². The van der Waals surface area contributed by atoms with E-state index < -0.39 is 0 Å². The summed E-state index contributed by atoms with van der Waals surface area (Å²) in [5.41, 5.74) is 2.20. The van der Waals surface area contributed by atoms with Crippen LogP contribution in [-0.2, 0) is 6.54 Å². The highest BCUT2D eigenvalue weighted by Crippen LogP contribution is 1.98. The molecule has 0 aliphatic heterocycles. The zero-order valence-corrected chi connectivity index (χ0v) is 10.8. The first kappa shape index (κ1) is 13.1. The van der Waals surface area contributed by atoms with Crippen molar-refractivity contribution < 1.29 is 0 Å². The minimum atomic E-state index is 0.493. The summed E-state index contributed by atoms with van der Waals surface area (Å²) in [6.45, 7) is 9.42. The second-order valence-corrected chi connectivity index (χ2v) is 4.41. The molecule has 3 heteroatoms. The highest BCUT2D eigenvalue weighted by molar-refractivity contribution is 5.09. The largest absolute Gasteiger partial charge is 0.307 e. The van der Waals surface area contributed by atoms with Crippen LogP contribution in [0.5, 0.6) is 0 Å². The first-order chi connectivity index (χ1) is 7.61. The smallest absolute Gasteiger partial charge is 0.0544 e. The van der Waals surface area contributed by atoms with Crippen molar-refractivity contribution in [2.45, 2.75) is 33.4 Å². The van der Waals surface area contributed by atoms with E-state index in [1.807, 2.05) is 13.0 Å². The molecule has 0 amide bonds. The maximum absolute atomic E-state index is 4.47. The van der Waals surface area contributed by atoms with Crippen molar-refractivity contribution in [3.63, 3.8) is 0 Å². The molecule has 1 aromatic rings. The van der Waals surface area contributed by atoms with Gasteiger partial charge in [0, 0.05) is 24.8 Å². The molecule has 0 aromatic carbocycles. The Hall–Kier alpha value is -0.930. The van der Waals surface area contributed by atoms with Crippen molar-refractivity contribution in [2.75, 3.05) is 20.1 Å². The zero-order valence-electron chi connectivity index (χ0n) is 10.8. The lowest BCUT2D eigenvalue weighted by atomic mass is 10.2. The number of nitrogens with one attached hydrogen (secondary N) is 1. The van der Waals surface area contributed by atoms with Gasteiger partial charge in [-0.3, -0.25) is 4.98 Å². The summed E-state index contributed by atoms with van der Waals surface area (Å²) in [7, 11) is 2.14. The van der Waals surface area contributed by atoms with Crippen molar-refractivity contribution in [1.82, 2.24) is 15.2 Å². The van der Waals surface area contributed by atoms with E-state index in [0.29, 0.717) is 6.04 Å². The molecule has 0 fully saturated rings. The topological polar surface area (TPSA) is 28.2 Å². The van der Waals surface area contributed by atoms with Gasteiger partial charge in [0.15, 0.2) is 0 Å². The minimum absolute atomic E-state index is 0.493. The van der Waals surface area contributed by atoms with Gasteiger partial charge in [0.25, 0.3) is 0 Å². The van der Waals surface area contributed by atoms with Crippen LogP contribution in [0.25, 0.3) is 0 Å². The maximum atomic E-state index is 4.47. The summed E-state index contributed by atoms with van der Waals surface area (Å²) >= 11 is 0. The number of rotatable bonds is 6. The molecule has 1 atom stereocenters. The van der Waals surface area contributed by atoms with E-state index in [1.165, 1.54) is 0 Å². The maximum Gasteiger partial charge on any atom is 0.0544 e. The number of aromatic nitrogens is 1. The summed E-state index contributed by atoms with van der Waals surface area (Å²) in [6, 6.07) is 6.64. The number of aryl methyl sites for hydroxylation is 1. The molecule has 1 aromatic heterocycles. The molecular weight excluding hydrogens is 198 g/mol. The van der Waals surface area contributed by atoms with E-state index >= 15 is 0 Å². The lowest BCUT2D eigenvalue weighted by Gasteiger charge is -2.20. The molecular formula is C13H23N3. The molecule has 1 N–H and O–H groups in total. The quantitative estimate of drug-likeness (QED) is 0.794. The van der Waals surface area contributed by atoms with Gasteiger partial charge in [0.2, 0.25) is 0 Å². The molecule has 1 unspecified atom stereocenters. The van der Waals surface area contributed by atoms with E-state index in [1.54, 1.807) is 0 Å². The SMILES string of the molecule is CCN(C)CC(C)NCc1cccc(C)n1. The van der Waals surface area contributed by atoms with Gasteiger partial charge in [-0.05, 0) is 39.6 Å². The first-order valence-electron chi connectivity index (χ1n) is 5.96. The Morgan fingerprint density at radius 3 is 2.81 bits per heavy atom. The summed E-state index contributed by atoms with van der Waals surface area (Å²) in [4.78, 5) is 6.78. The van der Waals surface area contributed by atoms with Crippen LogP contribution < -0.4 is 5.32 Å². The van der Waals surface area contributed by atoms with E-state index in [0.717, 1.165) is 31.0 Å². The highest BCUT2D eigenvalue weighted by atomic mass is 15.1. The molecule has 0 saturated carbocycles. The molecule has 0 bridgehead atoms. The molecule has 0 aliphatic rings. The van der Waals surface area contributed by atoms with Crippen LogP contribution >= 0.6 is 0 Å². The number of nitrogens with zero attached hydrogens (tertiary/aromatic N) is 2. The fourth-order valence-electron chi connectivity index (χ4n) is 1.64. The van der Waals surface area contributed by atoms with Crippen molar-refractivity contribution >= 4 is 0 Å². The van der Waals surface area contributed by atoms with E-state index in [9.17, 15) is 0 Å². The van der Waals surface area contributed by atoms with Crippen molar-refractivity contribution in [3.8, 4) is 0 Å². The Balaban J connectivity index is 2.34. The van der Waals surface area contributed by atoms with Crippen LogP contribution in [0.2, 0.25) is 0 Å². The predicted molar refractivity (Wildman–Crippen MR) is 68.4 cm³/mol. The molecule has 0 aliphatic carbocycles. The van der Waals surface area contributed by atoms with Crippen LogP contribution in [0.15, 0.2) is 18.2 Å². The van der Waals surface area contributed by atoms with Gasteiger partial charge in [-0.2, -0.15) is 0 Å². The van der Waals surface area contributed by atoms with Gasteiger partial charge in [-0.25, -0.2) is 0 Å². The van der Waals surface area contributed by atoms with Gasteiger partial charge in [0.05, 0.1) is 5.69 Å².